The van der Waals surface area contributed by atoms with Gasteiger partial charge in [-0.25, -0.2) is 4.39 Å². The third-order valence-electron chi connectivity index (χ3n) is 4.47. The second-order valence-corrected chi connectivity index (χ2v) is 6.07. The van der Waals surface area contributed by atoms with Crippen LogP contribution in [0.3, 0.4) is 0 Å². The molecule has 0 N–H and O–H groups in total. The van der Waals surface area contributed by atoms with Crippen LogP contribution < -0.4 is 0 Å². The van der Waals surface area contributed by atoms with Crippen molar-refractivity contribution >= 4 is 11.9 Å². The monoisotopic (exact) mass is 300 g/mol. The molecule has 2 rings (SSSR count). The minimum absolute atomic E-state index is 0.0345. The van der Waals surface area contributed by atoms with E-state index in [4.69, 9.17) is 4.74 Å². The molecule has 0 saturated carbocycles. The first-order valence-corrected chi connectivity index (χ1v) is 7.80. The third-order valence-corrected chi connectivity index (χ3v) is 4.47. The molecule has 2 heterocycles. The highest BCUT2D eigenvalue weighted by Crippen LogP contribution is 2.25. The van der Waals surface area contributed by atoms with Crippen LogP contribution in [0.5, 0.6) is 0 Å². The topological polar surface area (TPSA) is 49.9 Å². The maximum absolute atomic E-state index is 13.4. The summed E-state index contributed by atoms with van der Waals surface area (Å²) < 4.78 is 18.3. The number of alkyl halides is 1. The number of ether oxygens (including phenoxy) is 1. The molecule has 0 bridgehead atoms. The van der Waals surface area contributed by atoms with Crippen molar-refractivity contribution in [1.29, 1.82) is 0 Å². The van der Waals surface area contributed by atoms with Crippen LogP contribution in [0.1, 0.15) is 32.6 Å². The van der Waals surface area contributed by atoms with Gasteiger partial charge in [-0.3, -0.25) is 14.5 Å². The van der Waals surface area contributed by atoms with Crippen LogP contribution in [-0.4, -0.2) is 67.2 Å². The van der Waals surface area contributed by atoms with Gasteiger partial charge in [0.05, 0.1) is 12.6 Å². The molecule has 2 fully saturated rings. The number of hydrogen-bond acceptors (Lipinski definition) is 4. The summed E-state index contributed by atoms with van der Waals surface area (Å²) in [7, 11) is 1.80. The molecule has 2 aliphatic rings. The van der Waals surface area contributed by atoms with E-state index in [1.165, 1.54) is 0 Å². The van der Waals surface area contributed by atoms with E-state index in [9.17, 15) is 14.0 Å². The number of amides is 1. The number of likely N-dealkylation sites (tertiary alicyclic amines) is 2. The van der Waals surface area contributed by atoms with Gasteiger partial charge < -0.3 is 9.64 Å². The van der Waals surface area contributed by atoms with Gasteiger partial charge in [-0.1, -0.05) is 0 Å². The Kier molecular flexibility index (Phi) is 5.56. The quantitative estimate of drug-likeness (QED) is 0.733. The molecule has 0 unspecified atom stereocenters. The molecule has 5 nitrogen and oxygen atoms in total. The van der Waals surface area contributed by atoms with E-state index in [0.29, 0.717) is 45.0 Å². The first-order valence-electron chi connectivity index (χ1n) is 7.80. The van der Waals surface area contributed by atoms with Crippen LogP contribution in [0.15, 0.2) is 0 Å². The number of hydrogen-bond donors (Lipinski definition) is 0. The highest BCUT2D eigenvalue weighted by molar-refractivity contribution is 5.82. The lowest BCUT2D eigenvalue weighted by atomic mass is 9.93. The van der Waals surface area contributed by atoms with Crippen molar-refractivity contribution < 1.29 is 18.7 Å². The van der Waals surface area contributed by atoms with Crippen LogP contribution >= 0.6 is 0 Å². The Morgan fingerprint density at radius 3 is 2.48 bits per heavy atom. The van der Waals surface area contributed by atoms with E-state index in [2.05, 4.69) is 0 Å². The van der Waals surface area contributed by atoms with Crippen molar-refractivity contribution in [2.75, 3.05) is 33.3 Å². The van der Waals surface area contributed by atoms with Gasteiger partial charge in [-0.15, -0.1) is 0 Å². The summed E-state index contributed by atoms with van der Waals surface area (Å²) in [5.41, 5.74) is 0. The van der Waals surface area contributed by atoms with Crippen LogP contribution in [0.25, 0.3) is 0 Å². The number of esters is 1. The lowest BCUT2D eigenvalue weighted by molar-refractivity contribution is -0.144. The zero-order valence-electron chi connectivity index (χ0n) is 12.9. The fraction of sp³-hybridized carbons (Fsp3) is 0.867. The average Bonchev–Trinajstić information content (AvgIpc) is 2.78. The second kappa shape index (κ2) is 7.20. The molecule has 0 aromatic carbocycles. The first kappa shape index (κ1) is 16.2. The molecule has 2 atom stereocenters. The number of piperidine rings is 1. The number of carbonyl (C=O) groups excluding carboxylic acids is 2. The highest BCUT2D eigenvalue weighted by atomic mass is 19.1. The Morgan fingerprint density at radius 2 is 1.95 bits per heavy atom. The first-order chi connectivity index (χ1) is 10.0. The van der Waals surface area contributed by atoms with Gasteiger partial charge >= 0.3 is 5.97 Å². The van der Waals surface area contributed by atoms with E-state index in [1.54, 1.807) is 18.9 Å². The van der Waals surface area contributed by atoms with Crippen LogP contribution in [0.4, 0.5) is 4.39 Å². The fourth-order valence-corrected chi connectivity index (χ4v) is 3.25. The summed E-state index contributed by atoms with van der Waals surface area (Å²) in [5.74, 6) is 0.175. The van der Waals surface area contributed by atoms with Gasteiger partial charge in [0, 0.05) is 32.5 Å². The van der Waals surface area contributed by atoms with Crippen molar-refractivity contribution in [3.05, 3.63) is 0 Å². The molecule has 0 aromatic rings. The zero-order valence-corrected chi connectivity index (χ0v) is 12.9. The van der Waals surface area contributed by atoms with Crippen molar-refractivity contribution in [1.82, 2.24) is 9.80 Å². The minimum atomic E-state index is -0.898. The van der Waals surface area contributed by atoms with Crippen molar-refractivity contribution in [2.45, 2.75) is 44.8 Å². The molecular formula is C15H25FN2O3. The lowest BCUT2D eigenvalue weighted by Gasteiger charge is -2.34. The Bertz CT molecular complexity index is 383. The molecule has 2 aliphatic heterocycles. The number of halogens is 1. The van der Waals surface area contributed by atoms with Crippen LogP contribution in [-0.2, 0) is 14.3 Å². The number of likely N-dealkylation sites (N-methyl/N-ethyl adjacent to an activating group) is 1. The maximum Gasteiger partial charge on any atom is 0.306 e. The Balaban J connectivity index is 1.78. The molecule has 120 valence electrons. The Hall–Kier alpha value is -1.17. The summed E-state index contributed by atoms with van der Waals surface area (Å²) in [4.78, 5) is 27.5. The summed E-state index contributed by atoms with van der Waals surface area (Å²) >= 11 is 0. The van der Waals surface area contributed by atoms with Crippen molar-refractivity contribution in [2.24, 2.45) is 5.92 Å². The Labute approximate surface area is 125 Å². The normalized spacial score (nSPS) is 27.9. The van der Waals surface area contributed by atoms with Crippen molar-refractivity contribution in [3.63, 3.8) is 0 Å². The van der Waals surface area contributed by atoms with E-state index in [-0.39, 0.29) is 17.9 Å². The molecule has 1 amide bonds. The SMILES string of the molecule is CCOC(=O)CC1CCN(C(=O)[C@@H]2C[C@H](F)CN2C)CC1. The van der Waals surface area contributed by atoms with Gasteiger partial charge in [-0.05, 0) is 32.7 Å². The predicted molar refractivity (Wildman–Crippen MR) is 76.5 cm³/mol. The lowest BCUT2D eigenvalue weighted by Crippen LogP contribution is -2.47. The van der Waals surface area contributed by atoms with E-state index < -0.39 is 6.17 Å². The number of nitrogens with zero attached hydrogens (tertiary/aromatic N) is 2. The summed E-state index contributed by atoms with van der Waals surface area (Å²) in [6, 6.07) is -0.318. The van der Waals surface area contributed by atoms with E-state index in [1.807, 2.05) is 4.90 Å². The van der Waals surface area contributed by atoms with Crippen LogP contribution in [0.2, 0.25) is 0 Å². The second-order valence-electron chi connectivity index (χ2n) is 6.07. The number of carbonyl (C=O) groups is 2. The predicted octanol–water partition coefficient (Wildman–Crippen LogP) is 1.22. The standard InChI is InChI=1S/C15H25FN2O3/c1-3-21-14(19)8-11-4-6-18(7-5-11)15(20)13-9-12(16)10-17(13)2/h11-13H,3-10H2,1-2H3/t12-,13-/m0/s1. The van der Waals surface area contributed by atoms with Gasteiger partial charge in [0.1, 0.15) is 6.17 Å². The fourth-order valence-electron chi connectivity index (χ4n) is 3.25. The summed E-state index contributed by atoms with van der Waals surface area (Å²) in [6.45, 7) is 3.87. The van der Waals surface area contributed by atoms with E-state index in [0.717, 1.165) is 12.8 Å². The molecule has 0 aliphatic carbocycles. The largest absolute Gasteiger partial charge is 0.466 e. The third kappa shape index (κ3) is 4.15. The van der Waals surface area contributed by atoms with Gasteiger partial charge in [-0.2, -0.15) is 0 Å². The molecule has 0 radical (unpaired) electrons. The smallest absolute Gasteiger partial charge is 0.306 e. The molecule has 0 aromatic heterocycles. The molecule has 6 heteroatoms. The van der Waals surface area contributed by atoms with Gasteiger partial charge in [0.2, 0.25) is 5.91 Å². The number of rotatable bonds is 4. The Morgan fingerprint density at radius 1 is 1.29 bits per heavy atom. The van der Waals surface area contributed by atoms with Gasteiger partial charge in [0.25, 0.3) is 0 Å². The highest BCUT2D eigenvalue weighted by Gasteiger charge is 2.37. The summed E-state index contributed by atoms with van der Waals surface area (Å²) in [5, 5.41) is 0. The van der Waals surface area contributed by atoms with Gasteiger partial charge in [0.15, 0.2) is 0 Å². The molecule has 21 heavy (non-hydrogen) atoms. The minimum Gasteiger partial charge on any atom is -0.466 e. The maximum atomic E-state index is 13.4. The average molecular weight is 300 g/mol. The zero-order chi connectivity index (χ0) is 15.4. The van der Waals surface area contributed by atoms with Crippen molar-refractivity contribution in [3.8, 4) is 0 Å². The molecular weight excluding hydrogens is 275 g/mol. The molecule has 0 spiro atoms. The van der Waals surface area contributed by atoms with Crippen LogP contribution in [0, 0.1) is 5.92 Å². The molecule has 2 saturated heterocycles. The van der Waals surface area contributed by atoms with E-state index >= 15 is 0 Å². The summed E-state index contributed by atoms with van der Waals surface area (Å²) in [6.07, 6.45) is 1.48.